The van der Waals surface area contributed by atoms with Crippen LogP contribution in [0.5, 0.6) is 0 Å². The van der Waals surface area contributed by atoms with E-state index in [0.717, 1.165) is 12.8 Å². The van der Waals surface area contributed by atoms with E-state index in [1.165, 1.54) is 51.4 Å². The maximum absolute atomic E-state index is 6.37. The van der Waals surface area contributed by atoms with Crippen molar-refractivity contribution < 1.29 is 14.2 Å². The third kappa shape index (κ3) is 11.6. The Kier molecular flexibility index (Phi) is 14.8. The van der Waals surface area contributed by atoms with Crippen LogP contribution in [0.1, 0.15) is 120 Å². The first-order chi connectivity index (χ1) is 12.3. The van der Waals surface area contributed by atoms with Crippen LogP contribution in [0.4, 0.5) is 0 Å². The Morgan fingerprint density at radius 2 is 0.923 bits per heavy atom. The molecule has 0 rings (SSSR count). The zero-order valence-electron chi connectivity index (χ0n) is 19.1. The van der Waals surface area contributed by atoms with Crippen LogP contribution >= 0.6 is 0 Å². The normalized spacial score (nSPS) is 14.0. The fourth-order valence-corrected chi connectivity index (χ4v) is 3.48. The van der Waals surface area contributed by atoms with Crippen molar-refractivity contribution in [2.75, 3.05) is 0 Å². The van der Waals surface area contributed by atoms with Gasteiger partial charge < -0.3 is 14.2 Å². The highest BCUT2D eigenvalue weighted by Gasteiger charge is 2.44. The average Bonchev–Trinajstić information content (AvgIpc) is 2.51. The van der Waals surface area contributed by atoms with Crippen LogP contribution in [0, 0.1) is 5.92 Å². The van der Waals surface area contributed by atoms with Crippen molar-refractivity contribution in [3.8, 4) is 0 Å². The number of unbranched alkanes of at least 4 members (excludes halogenated alkanes) is 6. The first kappa shape index (κ1) is 25.9. The summed E-state index contributed by atoms with van der Waals surface area (Å²) >= 11 is 0. The lowest BCUT2D eigenvalue weighted by molar-refractivity contribution is -0.433. The number of ether oxygens (including phenoxy) is 3. The summed E-state index contributed by atoms with van der Waals surface area (Å²) in [5, 5.41) is 0. The van der Waals surface area contributed by atoms with Crippen molar-refractivity contribution in [3.05, 3.63) is 0 Å². The maximum Gasteiger partial charge on any atom is 0.286 e. The summed E-state index contributed by atoms with van der Waals surface area (Å²) in [7, 11) is 0. The van der Waals surface area contributed by atoms with Gasteiger partial charge in [0.05, 0.1) is 18.3 Å². The topological polar surface area (TPSA) is 27.7 Å². The number of rotatable bonds is 17. The molecule has 1 atom stereocenters. The molecule has 0 aromatic carbocycles. The van der Waals surface area contributed by atoms with Crippen LogP contribution in [0.15, 0.2) is 0 Å². The lowest BCUT2D eigenvalue weighted by Gasteiger charge is -2.43. The summed E-state index contributed by atoms with van der Waals surface area (Å²) < 4.78 is 19.1. The van der Waals surface area contributed by atoms with Crippen molar-refractivity contribution in [2.45, 2.75) is 144 Å². The molecule has 0 aromatic rings. The van der Waals surface area contributed by atoms with E-state index in [-0.39, 0.29) is 24.2 Å². The van der Waals surface area contributed by atoms with E-state index in [4.69, 9.17) is 14.2 Å². The highest BCUT2D eigenvalue weighted by molar-refractivity contribution is 4.75. The smallest absolute Gasteiger partial charge is 0.286 e. The van der Waals surface area contributed by atoms with Crippen LogP contribution in [0.25, 0.3) is 0 Å². The molecular weight excluding hydrogens is 324 g/mol. The Labute approximate surface area is 164 Å². The summed E-state index contributed by atoms with van der Waals surface area (Å²) in [5.74, 6) is -0.643. The zero-order valence-corrected chi connectivity index (χ0v) is 19.1. The molecule has 0 amide bonds. The first-order valence-electron chi connectivity index (χ1n) is 11.3. The van der Waals surface area contributed by atoms with Gasteiger partial charge in [-0.25, -0.2) is 0 Å². The summed E-state index contributed by atoms with van der Waals surface area (Å²) in [6, 6.07) is 0. The average molecular weight is 373 g/mol. The second-order valence-corrected chi connectivity index (χ2v) is 8.50. The Hall–Kier alpha value is -0.120. The van der Waals surface area contributed by atoms with Crippen LogP contribution in [-0.4, -0.2) is 24.3 Å². The summed E-state index contributed by atoms with van der Waals surface area (Å²) in [6.07, 6.45) is 12.7. The lowest BCUT2D eigenvalue weighted by atomic mass is 9.92. The minimum atomic E-state index is -0.922. The van der Waals surface area contributed by atoms with E-state index >= 15 is 0 Å². The van der Waals surface area contributed by atoms with E-state index in [1.54, 1.807) is 0 Å². The van der Waals surface area contributed by atoms with Crippen molar-refractivity contribution in [2.24, 2.45) is 5.92 Å². The van der Waals surface area contributed by atoms with Gasteiger partial charge in [-0.15, -0.1) is 0 Å². The Balaban J connectivity index is 5.19. The summed E-state index contributed by atoms with van der Waals surface area (Å²) in [4.78, 5) is 0. The maximum atomic E-state index is 6.37. The van der Waals surface area contributed by atoms with Gasteiger partial charge in [0.15, 0.2) is 0 Å². The van der Waals surface area contributed by atoms with E-state index in [2.05, 4.69) is 55.4 Å². The van der Waals surface area contributed by atoms with Gasteiger partial charge >= 0.3 is 0 Å². The number of hydrogen-bond donors (Lipinski definition) is 0. The van der Waals surface area contributed by atoms with Crippen LogP contribution in [-0.2, 0) is 14.2 Å². The molecule has 0 bridgehead atoms. The molecule has 0 fully saturated rings. The highest BCUT2D eigenvalue weighted by Crippen LogP contribution is 2.37. The Morgan fingerprint density at radius 1 is 0.538 bits per heavy atom. The molecule has 0 aromatic heterocycles. The van der Waals surface area contributed by atoms with Gasteiger partial charge in [-0.05, 0) is 54.4 Å². The van der Waals surface area contributed by atoms with Gasteiger partial charge in [-0.1, -0.05) is 65.2 Å². The summed E-state index contributed by atoms with van der Waals surface area (Å²) in [6.45, 7) is 17.0. The predicted molar refractivity (Wildman–Crippen MR) is 112 cm³/mol. The van der Waals surface area contributed by atoms with Crippen LogP contribution in [0.3, 0.4) is 0 Å². The molecule has 3 nitrogen and oxygen atoms in total. The fourth-order valence-electron chi connectivity index (χ4n) is 3.48. The monoisotopic (exact) mass is 372 g/mol. The van der Waals surface area contributed by atoms with Crippen molar-refractivity contribution in [1.29, 1.82) is 0 Å². The van der Waals surface area contributed by atoms with Crippen LogP contribution in [0.2, 0.25) is 0 Å². The SMILES string of the molecule is CCCCCCCCC(CCCC)C(OC(C)C)(OC(C)C)OC(C)C. The molecule has 0 saturated heterocycles. The molecule has 1 unspecified atom stereocenters. The molecule has 0 radical (unpaired) electrons. The van der Waals surface area contributed by atoms with Crippen molar-refractivity contribution in [3.63, 3.8) is 0 Å². The quantitative estimate of drug-likeness (QED) is 0.196. The number of hydrogen-bond acceptors (Lipinski definition) is 3. The molecule has 158 valence electrons. The molecule has 0 N–H and O–H groups in total. The van der Waals surface area contributed by atoms with Gasteiger partial charge in [-0.3, -0.25) is 0 Å². The molecule has 0 aliphatic carbocycles. The minimum Gasteiger partial charge on any atom is -0.324 e. The predicted octanol–water partition coefficient (Wildman–Crippen LogP) is 7.47. The van der Waals surface area contributed by atoms with Gasteiger partial charge in [0.2, 0.25) is 0 Å². The summed E-state index contributed by atoms with van der Waals surface area (Å²) in [5.41, 5.74) is 0. The molecule has 0 aliphatic rings. The molecule has 3 heteroatoms. The van der Waals surface area contributed by atoms with Crippen molar-refractivity contribution >= 4 is 0 Å². The second-order valence-electron chi connectivity index (χ2n) is 8.50. The van der Waals surface area contributed by atoms with E-state index in [9.17, 15) is 0 Å². The van der Waals surface area contributed by atoms with E-state index < -0.39 is 5.97 Å². The Morgan fingerprint density at radius 3 is 1.35 bits per heavy atom. The molecule has 26 heavy (non-hydrogen) atoms. The lowest BCUT2D eigenvalue weighted by Crippen LogP contribution is -2.50. The highest BCUT2D eigenvalue weighted by atomic mass is 16.9. The largest absolute Gasteiger partial charge is 0.324 e. The second kappa shape index (κ2) is 14.9. The standard InChI is InChI=1S/C23H48O3/c1-9-11-13-14-15-16-18-22(17-12-10-2)23(24-19(3)4,25-20(5)6)26-21(7)8/h19-22H,9-18H2,1-8H3. The van der Waals surface area contributed by atoms with Gasteiger partial charge in [0, 0.05) is 5.92 Å². The third-order valence-corrected chi connectivity index (χ3v) is 4.51. The van der Waals surface area contributed by atoms with Gasteiger partial charge in [-0.2, -0.15) is 0 Å². The first-order valence-corrected chi connectivity index (χ1v) is 11.3. The minimum absolute atomic E-state index is 0.0705. The Bertz CT molecular complexity index is 286. The van der Waals surface area contributed by atoms with Gasteiger partial charge in [0.1, 0.15) is 0 Å². The molecule has 0 aliphatic heterocycles. The van der Waals surface area contributed by atoms with Crippen LogP contribution < -0.4 is 0 Å². The molecule has 0 spiro atoms. The molecule has 0 heterocycles. The molecule has 0 saturated carbocycles. The van der Waals surface area contributed by atoms with E-state index in [1.807, 2.05) is 0 Å². The van der Waals surface area contributed by atoms with Crippen molar-refractivity contribution in [1.82, 2.24) is 0 Å². The van der Waals surface area contributed by atoms with Gasteiger partial charge in [0.25, 0.3) is 5.97 Å². The zero-order chi connectivity index (χ0) is 20.0. The van der Waals surface area contributed by atoms with E-state index in [0.29, 0.717) is 0 Å². The molecular formula is C23H48O3. The third-order valence-electron chi connectivity index (χ3n) is 4.51. The fraction of sp³-hybridized carbons (Fsp3) is 1.00.